The third-order valence-corrected chi connectivity index (χ3v) is 2.79. The summed E-state index contributed by atoms with van der Waals surface area (Å²) in [6.07, 6.45) is 3.97. The first-order valence-electron chi connectivity index (χ1n) is 6.19. The number of nitrogens with zero attached hydrogens (tertiary/aromatic N) is 2. The molecule has 2 nitrogen and oxygen atoms in total. The van der Waals surface area contributed by atoms with Gasteiger partial charge in [0.05, 0.1) is 0 Å². The summed E-state index contributed by atoms with van der Waals surface area (Å²) in [6.45, 7) is 17.3. The molecule has 3 heteroatoms. The van der Waals surface area contributed by atoms with Crippen LogP contribution in [0.1, 0.15) is 13.8 Å². The third kappa shape index (κ3) is 8.36. The molecule has 1 heterocycles. The highest BCUT2D eigenvalue weighted by Crippen LogP contribution is 2.07. The van der Waals surface area contributed by atoms with E-state index in [0.717, 1.165) is 42.8 Å². The maximum absolute atomic E-state index is 4.04. The van der Waals surface area contributed by atoms with E-state index in [4.69, 9.17) is 0 Å². The second-order valence-electron chi connectivity index (χ2n) is 4.02. The zero-order valence-electron chi connectivity index (χ0n) is 11.4. The van der Waals surface area contributed by atoms with E-state index in [1.807, 2.05) is 26.0 Å². The number of likely N-dealkylation sites (N-methyl/N-ethyl adjacent to an activating group) is 1. The SMILES string of the molecule is C=C(Br)/C=C\C(=C)CN1CCN(C)CC1.CC. The van der Waals surface area contributed by atoms with Crippen LogP contribution >= 0.6 is 15.9 Å². The van der Waals surface area contributed by atoms with Crippen LogP contribution in [-0.4, -0.2) is 49.6 Å². The largest absolute Gasteiger partial charge is 0.304 e. The highest BCUT2D eigenvalue weighted by molar-refractivity contribution is 9.11. The fourth-order valence-electron chi connectivity index (χ4n) is 1.55. The Bertz CT molecular complexity index is 263. The summed E-state index contributed by atoms with van der Waals surface area (Å²) in [5.74, 6) is 0. The normalized spacial score (nSPS) is 17.6. The van der Waals surface area contributed by atoms with Gasteiger partial charge in [0.25, 0.3) is 0 Å². The minimum Gasteiger partial charge on any atom is -0.304 e. The smallest absolute Gasteiger partial charge is 0.0228 e. The highest BCUT2D eigenvalue weighted by atomic mass is 79.9. The van der Waals surface area contributed by atoms with Crippen molar-refractivity contribution in [1.29, 1.82) is 0 Å². The van der Waals surface area contributed by atoms with E-state index in [2.05, 4.69) is 45.9 Å². The summed E-state index contributed by atoms with van der Waals surface area (Å²) in [5, 5.41) is 0. The van der Waals surface area contributed by atoms with Crippen molar-refractivity contribution in [2.24, 2.45) is 0 Å². The van der Waals surface area contributed by atoms with Crippen LogP contribution in [0.4, 0.5) is 0 Å². The lowest BCUT2D eigenvalue weighted by Crippen LogP contribution is -2.44. The summed E-state index contributed by atoms with van der Waals surface area (Å²) >= 11 is 3.29. The summed E-state index contributed by atoms with van der Waals surface area (Å²) < 4.78 is 0.891. The molecule has 1 saturated heterocycles. The van der Waals surface area contributed by atoms with Crippen molar-refractivity contribution in [1.82, 2.24) is 9.80 Å². The number of hydrogen-bond acceptors (Lipinski definition) is 2. The molecule has 0 aromatic rings. The Kier molecular flexibility index (Phi) is 9.41. The molecule has 0 radical (unpaired) electrons. The number of allylic oxidation sites excluding steroid dienone is 2. The summed E-state index contributed by atoms with van der Waals surface area (Å²) in [4.78, 5) is 4.79. The number of halogens is 1. The molecule has 1 fully saturated rings. The third-order valence-electron chi connectivity index (χ3n) is 2.52. The molecule has 0 atom stereocenters. The van der Waals surface area contributed by atoms with Crippen LogP contribution in [0.5, 0.6) is 0 Å². The Hall–Kier alpha value is -0.380. The predicted molar refractivity (Wildman–Crippen MR) is 81.6 cm³/mol. The first-order valence-corrected chi connectivity index (χ1v) is 6.98. The van der Waals surface area contributed by atoms with E-state index in [9.17, 15) is 0 Å². The molecular weight excluding hydrogens is 276 g/mol. The van der Waals surface area contributed by atoms with Crippen LogP contribution in [0.25, 0.3) is 0 Å². The van der Waals surface area contributed by atoms with Crippen molar-refractivity contribution in [3.8, 4) is 0 Å². The van der Waals surface area contributed by atoms with Gasteiger partial charge >= 0.3 is 0 Å². The van der Waals surface area contributed by atoms with Crippen molar-refractivity contribution in [2.75, 3.05) is 39.8 Å². The van der Waals surface area contributed by atoms with E-state index in [1.165, 1.54) is 0 Å². The Balaban J connectivity index is 0.00000121. The molecule has 17 heavy (non-hydrogen) atoms. The molecule has 0 aliphatic carbocycles. The van der Waals surface area contributed by atoms with Crippen molar-refractivity contribution >= 4 is 15.9 Å². The van der Waals surface area contributed by atoms with Crippen molar-refractivity contribution in [3.63, 3.8) is 0 Å². The molecule has 98 valence electrons. The van der Waals surface area contributed by atoms with Crippen LogP contribution in [0.2, 0.25) is 0 Å². The quantitative estimate of drug-likeness (QED) is 0.735. The molecular formula is C14H25BrN2. The van der Waals surface area contributed by atoms with Crippen LogP contribution in [0.3, 0.4) is 0 Å². The molecule has 0 aromatic heterocycles. The van der Waals surface area contributed by atoms with Gasteiger partial charge in [-0.25, -0.2) is 0 Å². The Labute approximate surface area is 115 Å². The van der Waals surface area contributed by atoms with Gasteiger partial charge in [0.15, 0.2) is 0 Å². The van der Waals surface area contributed by atoms with Gasteiger partial charge in [0, 0.05) is 37.2 Å². The molecule has 1 aliphatic heterocycles. The molecule has 1 rings (SSSR count). The molecule has 0 amide bonds. The van der Waals surface area contributed by atoms with Gasteiger partial charge in [-0.1, -0.05) is 49.0 Å². The van der Waals surface area contributed by atoms with Crippen molar-refractivity contribution < 1.29 is 0 Å². The standard InChI is InChI=1S/C12H19BrN2.C2H6/c1-11(4-5-12(2)13)10-15-8-6-14(3)7-9-15;1-2/h4-5H,1-2,6-10H2,3H3;1-2H3/b5-4-;. The van der Waals surface area contributed by atoms with Crippen LogP contribution < -0.4 is 0 Å². The lowest BCUT2D eigenvalue weighted by Gasteiger charge is -2.32. The lowest BCUT2D eigenvalue weighted by atomic mass is 10.2. The van der Waals surface area contributed by atoms with E-state index < -0.39 is 0 Å². The zero-order valence-corrected chi connectivity index (χ0v) is 13.0. The van der Waals surface area contributed by atoms with Crippen LogP contribution in [0.15, 0.2) is 35.4 Å². The van der Waals surface area contributed by atoms with Gasteiger partial charge in [-0.3, -0.25) is 4.90 Å². The summed E-state index contributed by atoms with van der Waals surface area (Å²) in [5.41, 5.74) is 1.14. The fraction of sp³-hybridized carbons (Fsp3) is 0.571. The second kappa shape index (κ2) is 9.63. The summed E-state index contributed by atoms with van der Waals surface area (Å²) in [6, 6.07) is 0. The van der Waals surface area contributed by atoms with Gasteiger partial charge in [-0.2, -0.15) is 0 Å². The summed E-state index contributed by atoms with van der Waals surface area (Å²) in [7, 11) is 2.17. The topological polar surface area (TPSA) is 6.48 Å². The molecule has 0 spiro atoms. The van der Waals surface area contributed by atoms with Gasteiger partial charge in [0.2, 0.25) is 0 Å². The molecule has 0 bridgehead atoms. The second-order valence-corrected chi connectivity index (χ2v) is 5.04. The highest BCUT2D eigenvalue weighted by Gasteiger charge is 2.13. The Morgan fingerprint density at radius 2 is 1.65 bits per heavy atom. The Morgan fingerprint density at radius 3 is 2.12 bits per heavy atom. The number of hydrogen-bond donors (Lipinski definition) is 0. The molecule has 0 N–H and O–H groups in total. The lowest BCUT2D eigenvalue weighted by molar-refractivity contribution is 0.165. The zero-order chi connectivity index (χ0) is 13.3. The monoisotopic (exact) mass is 300 g/mol. The predicted octanol–water partition coefficient (Wildman–Crippen LogP) is 3.28. The van der Waals surface area contributed by atoms with Gasteiger partial charge in [0.1, 0.15) is 0 Å². The minimum absolute atomic E-state index is 0.891. The van der Waals surface area contributed by atoms with Crippen molar-refractivity contribution in [3.05, 3.63) is 35.4 Å². The van der Waals surface area contributed by atoms with Crippen molar-refractivity contribution in [2.45, 2.75) is 13.8 Å². The Morgan fingerprint density at radius 1 is 1.12 bits per heavy atom. The molecule has 0 unspecified atom stereocenters. The molecule has 0 aromatic carbocycles. The van der Waals surface area contributed by atoms with E-state index in [1.54, 1.807) is 0 Å². The maximum atomic E-state index is 4.04. The number of rotatable bonds is 4. The number of piperazine rings is 1. The average Bonchev–Trinajstić information content (AvgIpc) is 2.32. The van der Waals surface area contributed by atoms with Gasteiger partial charge < -0.3 is 4.90 Å². The van der Waals surface area contributed by atoms with E-state index >= 15 is 0 Å². The average molecular weight is 301 g/mol. The van der Waals surface area contributed by atoms with E-state index in [-0.39, 0.29) is 0 Å². The maximum Gasteiger partial charge on any atom is 0.0228 e. The minimum atomic E-state index is 0.891. The van der Waals surface area contributed by atoms with E-state index in [0.29, 0.717) is 0 Å². The first kappa shape index (κ1) is 16.6. The van der Waals surface area contributed by atoms with Gasteiger partial charge in [-0.15, -0.1) is 0 Å². The fourth-order valence-corrected chi connectivity index (χ4v) is 1.69. The van der Waals surface area contributed by atoms with Crippen LogP contribution in [-0.2, 0) is 0 Å². The van der Waals surface area contributed by atoms with Gasteiger partial charge in [-0.05, 0) is 18.7 Å². The first-order chi connectivity index (χ1) is 8.08. The molecule has 1 aliphatic rings. The van der Waals surface area contributed by atoms with Crippen LogP contribution in [0, 0.1) is 0 Å². The molecule has 0 saturated carbocycles.